The monoisotopic (exact) mass is 285 g/mol. The van der Waals surface area contributed by atoms with Crippen molar-refractivity contribution in [1.29, 1.82) is 0 Å². The molecule has 0 aliphatic heterocycles. The summed E-state index contributed by atoms with van der Waals surface area (Å²) < 4.78 is 10.9. The van der Waals surface area contributed by atoms with Crippen molar-refractivity contribution in [3.05, 3.63) is 59.2 Å². The molecule has 0 aliphatic rings. The Balaban J connectivity index is 2.17. The summed E-state index contributed by atoms with van der Waals surface area (Å²) in [6, 6.07) is 13.9. The third-order valence-corrected chi connectivity index (χ3v) is 3.50. The summed E-state index contributed by atoms with van der Waals surface area (Å²) >= 11 is 0. The van der Waals surface area contributed by atoms with E-state index in [0.29, 0.717) is 0 Å². The van der Waals surface area contributed by atoms with E-state index in [1.165, 1.54) is 0 Å². The van der Waals surface area contributed by atoms with Crippen molar-refractivity contribution in [2.24, 2.45) is 5.73 Å². The third kappa shape index (κ3) is 3.76. The average molecular weight is 285 g/mol. The Morgan fingerprint density at radius 3 is 2.33 bits per heavy atom. The lowest BCUT2D eigenvalue weighted by atomic mass is 9.98. The van der Waals surface area contributed by atoms with Crippen LogP contribution >= 0.6 is 0 Å². The fourth-order valence-corrected chi connectivity index (χ4v) is 2.21. The third-order valence-electron chi connectivity index (χ3n) is 3.50. The van der Waals surface area contributed by atoms with Gasteiger partial charge >= 0.3 is 0 Å². The zero-order valence-electron chi connectivity index (χ0n) is 12.9. The molecule has 0 fully saturated rings. The number of rotatable bonds is 6. The van der Waals surface area contributed by atoms with E-state index < -0.39 is 0 Å². The summed E-state index contributed by atoms with van der Waals surface area (Å²) in [6.45, 7) is 4.85. The molecule has 2 N–H and O–H groups in total. The molecule has 0 bridgehead atoms. The van der Waals surface area contributed by atoms with Gasteiger partial charge in [0.2, 0.25) is 0 Å². The average Bonchev–Trinajstić information content (AvgIpc) is 2.53. The molecule has 0 aromatic heterocycles. The van der Waals surface area contributed by atoms with E-state index in [2.05, 4.69) is 6.92 Å². The molecule has 0 heterocycles. The number of hydrogen-bond donors (Lipinski definition) is 1. The van der Waals surface area contributed by atoms with E-state index in [1.807, 2.05) is 49.4 Å². The first-order valence-corrected chi connectivity index (χ1v) is 7.28. The summed E-state index contributed by atoms with van der Waals surface area (Å²) in [7, 11) is 1.68. The summed E-state index contributed by atoms with van der Waals surface area (Å²) in [5, 5.41) is 0. The first-order chi connectivity index (χ1) is 10.2. The highest BCUT2D eigenvalue weighted by atomic mass is 16.5. The van der Waals surface area contributed by atoms with Crippen molar-refractivity contribution in [3.63, 3.8) is 0 Å². The van der Waals surface area contributed by atoms with Gasteiger partial charge in [0.15, 0.2) is 0 Å². The van der Waals surface area contributed by atoms with Crippen LogP contribution in [0.5, 0.6) is 11.5 Å². The first kappa shape index (κ1) is 15.4. The van der Waals surface area contributed by atoms with Gasteiger partial charge < -0.3 is 15.2 Å². The summed E-state index contributed by atoms with van der Waals surface area (Å²) in [6.07, 6.45) is 1.00. The second-order valence-electron chi connectivity index (χ2n) is 5.12. The number of aryl methyl sites for hydroxylation is 1. The van der Waals surface area contributed by atoms with E-state index in [1.54, 1.807) is 7.11 Å². The van der Waals surface area contributed by atoms with Crippen molar-refractivity contribution in [2.75, 3.05) is 13.7 Å². The van der Waals surface area contributed by atoms with Gasteiger partial charge in [0.1, 0.15) is 11.5 Å². The van der Waals surface area contributed by atoms with Crippen LogP contribution in [-0.2, 0) is 0 Å². The molecule has 0 amide bonds. The Kier molecular flexibility index (Phi) is 5.23. The van der Waals surface area contributed by atoms with Crippen LogP contribution < -0.4 is 15.2 Å². The van der Waals surface area contributed by atoms with Crippen LogP contribution in [0, 0.1) is 6.92 Å². The minimum absolute atomic E-state index is 0.167. The topological polar surface area (TPSA) is 44.5 Å². The van der Waals surface area contributed by atoms with E-state index in [-0.39, 0.29) is 6.04 Å². The van der Waals surface area contributed by atoms with Crippen LogP contribution in [0.4, 0.5) is 0 Å². The lowest BCUT2D eigenvalue weighted by Gasteiger charge is -2.15. The van der Waals surface area contributed by atoms with Gasteiger partial charge in [-0.1, -0.05) is 31.2 Å². The van der Waals surface area contributed by atoms with E-state index in [0.717, 1.165) is 41.2 Å². The van der Waals surface area contributed by atoms with Gasteiger partial charge in [-0.05, 0) is 48.2 Å². The van der Waals surface area contributed by atoms with Crippen LogP contribution in [0.1, 0.15) is 36.1 Å². The fraction of sp³-hybridized carbons (Fsp3) is 0.333. The first-order valence-electron chi connectivity index (χ1n) is 7.28. The Bertz CT molecular complexity index is 578. The van der Waals surface area contributed by atoms with Crippen molar-refractivity contribution in [1.82, 2.24) is 0 Å². The maximum Gasteiger partial charge on any atom is 0.122 e. The van der Waals surface area contributed by atoms with Crippen molar-refractivity contribution >= 4 is 0 Å². The van der Waals surface area contributed by atoms with E-state index in [9.17, 15) is 0 Å². The van der Waals surface area contributed by atoms with Crippen LogP contribution in [0.2, 0.25) is 0 Å². The zero-order valence-corrected chi connectivity index (χ0v) is 12.9. The normalized spacial score (nSPS) is 12.0. The second kappa shape index (κ2) is 7.14. The molecule has 0 saturated carbocycles. The summed E-state index contributed by atoms with van der Waals surface area (Å²) in [5.74, 6) is 1.75. The van der Waals surface area contributed by atoms with E-state index >= 15 is 0 Å². The number of nitrogens with two attached hydrogens (primary N) is 1. The molecule has 0 spiro atoms. The van der Waals surface area contributed by atoms with Crippen molar-refractivity contribution < 1.29 is 9.47 Å². The van der Waals surface area contributed by atoms with Crippen molar-refractivity contribution in [2.45, 2.75) is 26.3 Å². The predicted octanol–water partition coefficient (Wildman–Crippen LogP) is 3.84. The molecule has 3 heteroatoms. The molecule has 0 saturated heterocycles. The van der Waals surface area contributed by atoms with Gasteiger partial charge in [-0.25, -0.2) is 0 Å². The number of ether oxygens (including phenoxy) is 2. The zero-order chi connectivity index (χ0) is 15.2. The fourth-order valence-electron chi connectivity index (χ4n) is 2.21. The number of methoxy groups -OCH3 is 1. The largest absolute Gasteiger partial charge is 0.496 e. The Morgan fingerprint density at radius 1 is 1.05 bits per heavy atom. The SMILES string of the molecule is CCCOc1ccc(C(N)c2ccc(C)c(OC)c2)cc1. The molecule has 21 heavy (non-hydrogen) atoms. The molecule has 0 aliphatic carbocycles. The van der Waals surface area contributed by atoms with Gasteiger partial charge in [-0.2, -0.15) is 0 Å². The Hall–Kier alpha value is -2.00. The molecular weight excluding hydrogens is 262 g/mol. The molecule has 2 aromatic rings. The van der Waals surface area contributed by atoms with Crippen LogP contribution in [0.25, 0.3) is 0 Å². The maximum absolute atomic E-state index is 6.34. The predicted molar refractivity (Wildman–Crippen MR) is 86.0 cm³/mol. The Labute approximate surface area is 126 Å². The minimum Gasteiger partial charge on any atom is -0.496 e. The number of hydrogen-bond acceptors (Lipinski definition) is 3. The van der Waals surface area contributed by atoms with E-state index in [4.69, 9.17) is 15.2 Å². The Morgan fingerprint density at radius 2 is 1.71 bits per heavy atom. The highest BCUT2D eigenvalue weighted by molar-refractivity contribution is 5.41. The quantitative estimate of drug-likeness (QED) is 0.877. The molecule has 112 valence electrons. The molecule has 0 radical (unpaired) electrons. The molecule has 2 rings (SSSR count). The molecular formula is C18H23NO2. The summed E-state index contributed by atoms with van der Waals surface area (Å²) in [4.78, 5) is 0. The molecule has 1 unspecified atom stereocenters. The standard InChI is InChI=1S/C18H23NO2/c1-4-11-21-16-9-7-14(8-10-16)18(19)15-6-5-13(2)17(12-15)20-3/h5-10,12,18H,4,11,19H2,1-3H3. The number of benzene rings is 2. The van der Waals surface area contributed by atoms with Gasteiger partial charge in [0.25, 0.3) is 0 Å². The smallest absolute Gasteiger partial charge is 0.122 e. The lowest BCUT2D eigenvalue weighted by molar-refractivity contribution is 0.317. The highest BCUT2D eigenvalue weighted by Gasteiger charge is 2.11. The van der Waals surface area contributed by atoms with Crippen molar-refractivity contribution in [3.8, 4) is 11.5 Å². The maximum atomic E-state index is 6.34. The van der Waals surface area contributed by atoms with Gasteiger partial charge in [0.05, 0.1) is 19.8 Å². The summed E-state index contributed by atoms with van der Waals surface area (Å²) in [5.41, 5.74) is 9.55. The lowest BCUT2D eigenvalue weighted by Crippen LogP contribution is -2.12. The van der Waals surface area contributed by atoms with Gasteiger partial charge in [0, 0.05) is 0 Å². The second-order valence-corrected chi connectivity index (χ2v) is 5.12. The molecule has 3 nitrogen and oxygen atoms in total. The van der Waals surface area contributed by atoms with Crippen LogP contribution in [-0.4, -0.2) is 13.7 Å². The highest BCUT2D eigenvalue weighted by Crippen LogP contribution is 2.27. The molecule has 2 aromatic carbocycles. The minimum atomic E-state index is -0.167. The van der Waals surface area contributed by atoms with Gasteiger partial charge in [-0.15, -0.1) is 0 Å². The van der Waals surface area contributed by atoms with Crippen LogP contribution in [0.15, 0.2) is 42.5 Å². The van der Waals surface area contributed by atoms with Gasteiger partial charge in [-0.3, -0.25) is 0 Å². The van der Waals surface area contributed by atoms with Crippen LogP contribution in [0.3, 0.4) is 0 Å². The molecule has 1 atom stereocenters.